The number of carbonyl (C=O) groups is 2. The summed E-state index contributed by atoms with van der Waals surface area (Å²) in [7, 11) is -4.60. The predicted molar refractivity (Wildman–Crippen MR) is 99.1 cm³/mol. The topological polar surface area (TPSA) is 135 Å². The van der Waals surface area contributed by atoms with Crippen LogP contribution in [0.5, 0.6) is 0 Å². The van der Waals surface area contributed by atoms with Gasteiger partial charge in [-0.25, -0.2) is 0 Å². The van der Waals surface area contributed by atoms with Crippen LogP contribution in [0.2, 0.25) is 0 Å². The fourth-order valence-corrected chi connectivity index (χ4v) is 3.84. The van der Waals surface area contributed by atoms with E-state index in [2.05, 4.69) is 0 Å². The molecule has 0 saturated carbocycles. The van der Waals surface area contributed by atoms with Crippen molar-refractivity contribution in [1.82, 2.24) is 4.90 Å². The van der Waals surface area contributed by atoms with Crippen molar-refractivity contribution in [2.24, 2.45) is 0 Å². The molecule has 0 aromatic carbocycles. The molecule has 4 N–H and O–H groups in total. The van der Waals surface area contributed by atoms with Gasteiger partial charge in [0, 0.05) is 0 Å². The Labute approximate surface area is 155 Å². The van der Waals surface area contributed by atoms with E-state index in [1.807, 2.05) is 13.8 Å². The van der Waals surface area contributed by atoms with Crippen LogP contribution in [0, 0.1) is 0 Å². The van der Waals surface area contributed by atoms with E-state index < -0.39 is 37.9 Å². The Bertz CT molecular complexity index is 436. The van der Waals surface area contributed by atoms with Crippen LogP contribution in [0.3, 0.4) is 0 Å². The molecule has 2 unspecified atom stereocenters. The van der Waals surface area contributed by atoms with Gasteiger partial charge in [0.25, 0.3) is 0 Å². The van der Waals surface area contributed by atoms with Crippen molar-refractivity contribution < 1.29 is 34.2 Å². The van der Waals surface area contributed by atoms with Crippen LogP contribution < -0.4 is 0 Å². The molecule has 2 atom stereocenters. The molecule has 9 heteroatoms. The normalized spacial score (nSPS) is 14.3. The van der Waals surface area contributed by atoms with Crippen LogP contribution in [0.25, 0.3) is 0 Å². The molecule has 0 aliphatic heterocycles. The SMILES string of the molecule is CCCCCCC(C(=O)O)N(CP(=O)(O)O)C(CCCCCC)C(=O)O. The van der Waals surface area contributed by atoms with Crippen molar-refractivity contribution in [3.63, 3.8) is 0 Å². The van der Waals surface area contributed by atoms with Gasteiger partial charge in [0.2, 0.25) is 0 Å². The van der Waals surface area contributed by atoms with Crippen LogP contribution in [0.1, 0.15) is 78.1 Å². The number of hydrogen-bond donors (Lipinski definition) is 4. The minimum atomic E-state index is -4.60. The van der Waals surface area contributed by atoms with Gasteiger partial charge in [-0.1, -0.05) is 65.2 Å². The zero-order valence-electron chi connectivity index (χ0n) is 15.8. The molecule has 0 bridgehead atoms. The highest BCUT2D eigenvalue weighted by atomic mass is 31.2. The number of aliphatic carboxylic acids is 2. The van der Waals surface area contributed by atoms with Gasteiger partial charge in [-0.3, -0.25) is 19.1 Å². The van der Waals surface area contributed by atoms with Crippen molar-refractivity contribution >= 4 is 19.5 Å². The molecule has 0 fully saturated rings. The molecule has 0 heterocycles. The highest BCUT2D eigenvalue weighted by molar-refractivity contribution is 7.51. The summed E-state index contributed by atoms with van der Waals surface area (Å²) in [5.41, 5.74) is 0. The lowest BCUT2D eigenvalue weighted by atomic mass is 10.0. The average Bonchev–Trinajstić information content (AvgIpc) is 2.52. The summed E-state index contributed by atoms with van der Waals surface area (Å²) in [5.74, 6) is -2.48. The van der Waals surface area contributed by atoms with Gasteiger partial charge in [-0.2, -0.15) is 0 Å². The molecule has 0 saturated heterocycles. The molecule has 0 radical (unpaired) electrons. The molecule has 26 heavy (non-hydrogen) atoms. The number of rotatable bonds is 16. The first-order valence-corrected chi connectivity index (χ1v) is 11.2. The monoisotopic (exact) mass is 395 g/mol. The van der Waals surface area contributed by atoms with Crippen molar-refractivity contribution in [2.45, 2.75) is 90.1 Å². The third-order valence-electron chi connectivity index (χ3n) is 4.38. The Morgan fingerprint density at radius 2 is 1.19 bits per heavy atom. The van der Waals surface area contributed by atoms with E-state index in [0.29, 0.717) is 12.8 Å². The molecular weight excluding hydrogens is 361 g/mol. The van der Waals surface area contributed by atoms with Crippen LogP contribution in [0.15, 0.2) is 0 Å². The van der Waals surface area contributed by atoms with Crippen LogP contribution in [0.4, 0.5) is 0 Å². The predicted octanol–water partition coefficient (Wildman–Crippen LogP) is 3.27. The molecule has 8 nitrogen and oxygen atoms in total. The Morgan fingerprint density at radius 1 is 0.808 bits per heavy atom. The molecule has 0 aromatic heterocycles. The highest BCUT2D eigenvalue weighted by Gasteiger charge is 2.38. The summed E-state index contributed by atoms with van der Waals surface area (Å²) < 4.78 is 11.5. The fourth-order valence-electron chi connectivity index (χ4n) is 3.02. The van der Waals surface area contributed by atoms with Gasteiger partial charge in [0.15, 0.2) is 0 Å². The second-order valence-electron chi connectivity index (χ2n) is 6.73. The number of nitrogens with zero attached hydrogens (tertiary/aromatic N) is 1. The lowest BCUT2D eigenvalue weighted by Gasteiger charge is -2.34. The van der Waals surface area contributed by atoms with E-state index in [1.54, 1.807) is 0 Å². The Morgan fingerprint density at radius 3 is 1.46 bits per heavy atom. The van der Waals surface area contributed by atoms with Gasteiger partial charge in [-0.15, -0.1) is 0 Å². The molecule has 0 spiro atoms. The number of carboxylic acids is 2. The second-order valence-corrected chi connectivity index (χ2v) is 8.34. The Balaban J connectivity index is 5.33. The summed E-state index contributed by atoms with van der Waals surface area (Å²) in [5, 5.41) is 19.1. The van der Waals surface area contributed by atoms with Crippen LogP contribution in [-0.4, -0.2) is 55.2 Å². The van der Waals surface area contributed by atoms with E-state index in [1.165, 1.54) is 0 Å². The van der Waals surface area contributed by atoms with Crippen molar-refractivity contribution in [1.29, 1.82) is 0 Å². The molecule has 0 rings (SSSR count). The standard InChI is InChI=1S/C17H34NO7P/c1-3-5-7-9-11-14(16(19)20)18(13-26(23,24)25)15(17(21)22)12-10-8-6-4-2/h14-15H,3-13H2,1-2H3,(H,19,20)(H,21,22)(H2,23,24,25). The fraction of sp³-hybridized carbons (Fsp3) is 0.882. The number of hydrogen-bond acceptors (Lipinski definition) is 4. The first kappa shape index (κ1) is 25.1. The minimum absolute atomic E-state index is 0.175. The summed E-state index contributed by atoms with van der Waals surface area (Å²) in [6, 6.07) is -2.43. The van der Waals surface area contributed by atoms with Crippen LogP contribution in [-0.2, 0) is 14.2 Å². The lowest BCUT2D eigenvalue weighted by Crippen LogP contribution is -2.51. The zero-order valence-corrected chi connectivity index (χ0v) is 16.7. The molecule has 0 aliphatic rings. The third-order valence-corrected chi connectivity index (χ3v) is 5.08. The maximum atomic E-state index is 11.7. The molecule has 0 amide bonds. The lowest BCUT2D eigenvalue weighted by molar-refractivity contribution is -0.150. The van der Waals surface area contributed by atoms with Gasteiger partial charge in [0.1, 0.15) is 18.4 Å². The van der Waals surface area contributed by atoms with Gasteiger partial charge < -0.3 is 20.0 Å². The van der Waals surface area contributed by atoms with E-state index >= 15 is 0 Å². The Kier molecular flexibility index (Phi) is 12.8. The van der Waals surface area contributed by atoms with Gasteiger partial charge in [0.05, 0.1) is 0 Å². The average molecular weight is 395 g/mol. The van der Waals surface area contributed by atoms with Gasteiger partial charge in [-0.05, 0) is 12.8 Å². The zero-order chi connectivity index (χ0) is 20.2. The number of carboxylic acid groups (broad SMARTS) is 2. The second kappa shape index (κ2) is 13.3. The first-order chi connectivity index (χ1) is 12.1. The molecule has 0 aliphatic carbocycles. The van der Waals surface area contributed by atoms with E-state index in [4.69, 9.17) is 0 Å². The summed E-state index contributed by atoms with van der Waals surface area (Å²) in [6.07, 6.45) is 6.06. The maximum absolute atomic E-state index is 11.7. The summed E-state index contributed by atoms with van der Waals surface area (Å²) in [4.78, 5) is 43.1. The van der Waals surface area contributed by atoms with Crippen LogP contribution >= 0.6 is 7.60 Å². The van der Waals surface area contributed by atoms with E-state index in [0.717, 1.165) is 43.4 Å². The third kappa shape index (κ3) is 10.9. The molecule has 0 aromatic rings. The largest absolute Gasteiger partial charge is 0.480 e. The molecule has 154 valence electrons. The number of unbranched alkanes of at least 4 members (excludes halogenated alkanes) is 6. The quantitative estimate of drug-likeness (QED) is 0.231. The van der Waals surface area contributed by atoms with Crippen molar-refractivity contribution in [2.75, 3.05) is 6.29 Å². The smallest absolute Gasteiger partial charge is 0.339 e. The van der Waals surface area contributed by atoms with E-state index in [-0.39, 0.29) is 12.8 Å². The van der Waals surface area contributed by atoms with Crippen molar-refractivity contribution in [3.05, 3.63) is 0 Å². The highest BCUT2D eigenvalue weighted by Crippen LogP contribution is 2.38. The Hall–Kier alpha value is -0.950. The first-order valence-electron chi connectivity index (χ1n) is 9.39. The van der Waals surface area contributed by atoms with E-state index in [9.17, 15) is 34.2 Å². The van der Waals surface area contributed by atoms with Gasteiger partial charge >= 0.3 is 19.5 Å². The maximum Gasteiger partial charge on any atom is 0.339 e. The summed E-state index contributed by atoms with van der Waals surface area (Å²) >= 11 is 0. The minimum Gasteiger partial charge on any atom is -0.480 e. The van der Waals surface area contributed by atoms with Crippen molar-refractivity contribution in [3.8, 4) is 0 Å². The summed E-state index contributed by atoms with van der Waals surface area (Å²) in [6.45, 7) is 4.04. The molecular formula is C17H34NO7P.